The maximum absolute atomic E-state index is 13.1. The molecule has 22 heavy (non-hydrogen) atoms. The molecule has 0 saturated carbocycles. The van der Waals surface area contributed by atoms with E-state index in [4.69, 9.17) is 0 Å². The molecule has 0 aliphatic rings. The van der Waals surface area contributed by atoms with E-state index >= 15 is 0 Å². The normalized spacial score (nSPS) is 12.9. The van der Waals surface area contributed by atoms with Crippen LogP contribution in [0, 0.1) is 11.8 Å². The minimum Gasteiger partial charge on any atom is -0.188 e. The molecule has 0 unspecified atom stereocenters. The Morgan fingerprint density at radius 2 is 1.32 bits per heavy atom. The van der Waals surface area contributed by atoms with Crippen LogP contribution >= 0.6 is 0 Å². The van der Waals surface area contributed by atoms with Gasteiger partial charge in [0.15, 0.2) is 0 Å². The van der Waals surface area contributed by atoms with Gasteiger partial charge in [-0.15, -0.1) is 0 Å². The van der Waals surface area contributed by atoms with Crippen molar-refractivity contribution in [3.63, 3.8) is 0 Å². The zero-order valence-corrected chi connectivity index (χ0v) is 10.7. The van der Waals surface area contributed by atoms with Crippen molar-refractivity contribution in [2.45, 2.75) is 18.0 Å². The van der Waals surface area contributed by atoms with Crippen LogP contribution in [-0.2, 0) is 0 Å². The SMILES string of the molecule is FC(F)(F)C(F)(F)C(F)(F)C#Cc1cccc2ccccc12. The van der Waals surface area contributed by atoms with E-state index in [-0.39, 0.29) is 5.56 Å². The third-order valence-electron chi connectivity index (χ3n) is 2.89. The molecule has 2 rings (SSSR count). The highest BCUT2D eigenvalue weighted by molar-refractivity contribution is 5.88. The number of rotatable bonds is 1. The van der Waals surface area contributed by atoms with Crippen LogP contribution in [0.4, 0.5) is 30.7 Å². The van der Waals surface area contributed by atoms with Crippen molar-refractivity contribution in [1.29, 1.82) is 0 Å². The number of halogens is 7. The van der Waals surface area contributed by atoms with Crippen molar-refractivity contribution < 1.29 is 30.7 Å². The average molecular weight is 320 g/mol. The lowest BCUT2D eigenvalue weighted by Crippen LogP contribution is -2.51. The summed E-state index contributed by atoms with van der Waals surface area (Å²) in [5.74, 6) is -9.26. The molecule has 0 radical (unpaired) electrons. The van der Waals surface area contributed by atoms with E-state index in [1.54, 1.807) is 30.2 Å². The molecule has 0 aliphatic heterocycles. The van der Waals surface area contributed by atoms with Gasteiger partial charge in [-0.3, -0.25) is 0 Å². The summed E-state index contributed by atoms with van der Waals surface area (Å²) in [5, 5.41) is 0.976. The van der Waals surface area contributed by atoms with Crippen LogP contribution in [0.25, 0.3) is 10.8 Å². The lowest BCUT2D eigenvalue weighted by Gasteiger charge is -2.24. The Hall–Kier alpha value is -2.23. The fourth-order valence-electron chi connectivity index (χ4n) is 1.74. The molecular formula is C15H7F7. The highest BCUT2D eigenvalue weighted by Gasteiger charge is 2.72. The number of fused-ring (bicyclic) bond motifs is 1. The highest BCUT2D eigenvalue weighted by atomic mass is 19.4. The molecule has 2 aromatic rings. The van der Waals surface area contributed by atoms with Gasteiger partial charge in [-0.25, -0.2) is 0 Å². The maximum Gasteiger partial charge on any atom is 0.461 e. The lowest BCUT2D eigenvalue weighted by atomic mass is 10.0. The summed E-state index contributed by atoms with van der Waals surface area (Å²) in [6.07, 6.45) is -6.38. The summed E-state index contributed by atoms with van der Waals surface area (Å²) in [6, 6.07) is 10.7. The third kappa shape index (κ3) is 2.73. The van der Waals surface area contributed by atoms with E-state index in [0.29, 0.717) is 10.8 Å². The molecule has 7 heteroatoms. The standard InChI is InChI=1S/C15H7F7/c16-13(17,14(18,19)15(20,21)22)9-8-11-6-3-5-10-4-1-2-7-12(10)11/h1-7H. The molecular weight excluding hydrogens is 313 g/mol. The molecule has 116 valence electrons. The Labute approximate surface area is 120 Å². The molecule has 0 spiro atoms. The summed E-state index contributed by atoms with van der Waals surface area (Å²) < 4.78 is 87.8. The minimum atomic E-state index is -6.38. The van der Waals surface area contributed by atoms with Crippen molar-refractivity contribution in [1.82, 2.24) is 0 Å². The molecule has 0 atom stereocenters. The fourth-order valence-corrected chi connectivity index (χ4v) is 1.74. The first-order valence-corrected chi connectivity index (χ1v) is 5.89. The highest BCUT2D eigenvalue weighted by Crippen LogP contribution is 2.46. The molecule has 0 saturated heterocycles. The summed E-state index contributed by atoms with van der Waals surface area (Å²) in [5.41, 5.74) is -0.0595. The van der Waals surface area contributed by atoms with Crippen molar-refractivity contribution in [3.05, 3.63) is 48.0 Å². The third-order valence-corrected chi connectivity index (χ3v) is 2.89. The average Bonchev–Trinajstić information content (AvgIpc) is 2.43. The van der Waals surface area contributed by atoms with Gasteiger partial charge < -0.3 is 0 Å². The predicted octanol–water partition coefficient (Wildman–Crippen LogP) is 5.02. The first-order valence-electron chi connectivity index (χ1n) is 5.89. The van der Waals surface area contributed by atoms with Gasteiger partial charge in [0.1, 0.15) is 0 Å². The molecule has 2 aromatic carbocycles. The summed E-state index contributed by atoms with van der Waals surface area (Å²) in [6.45, 7) is 0. The van der Waals surface area contributed by atoms with E-state index in [0.717, 1.165) is 5.92 Å². The van der Waals surface area contributed by atoms with Crippen LogP contribution in [0.15, 0.2) is 42.5 Å². The van der Waals surface area contributed by atoms with E-state index in [9.17, 15) is 30.7 Å². The molecule has 0 N–H and O–H groups in total. The van der Waals surface area contributed by atoms with Gasteiger partial charge in [0, 0.05) is 5.56 Å². The topological polar surface area (TPSA) is 0 Å². The Balaban J connectivity index is 2.48. The smallest absolute Gasteiger partial charge is 0.188 e. The van der Waals surface area contributed by atoms with Gasteiger partial charge in [-0.05, 0) is 22.8 Å². The molecule has 0 heterocycles. The molecule has 0 aromatic heterocycles. The molecule has 0 fully saturated rings. The quantitative estimate of drug-likeness (QED) is 0.511. The van der Waals surface area contributed by atoms with E-state index < -0.39 is 18.0 Å². The summed E-state index contributed by atoms with van der Waals surface area (Å²) >= 11 is 0. The lowest BCUT2D eigenvalue weighted by molar-refractivity contribution is -0.339. The number of alkyl halides is 7. The second kappa shape index (κ2) is 5.20. The predicted molar refractivity (Wildman–Crippen MR) is 66.8 cm³/mol. The van der Waals surface area contributed by atoms with E-state index in [1.807, 2.05) is 0 Å². The van der Waals surface area contributed by atoms with Crippen LogP contribution in [0.2, 0.25) is 0 Å². The zero-order chi connectivity index (χ0) is 16.6. The van der Waals surface area contributed by atoms with Gasteiger partial charge in [0.05, 0.1) is 0 Å². The van der Waals surface area contributed by atoms with Gasteiger partial charge in [-0.2, -0.15) is 30.7 Å². The second-order valence-electron chi connectivity index (χ2n) is 4.42. The van der Waals surface area contributed by atoms with Gasteiger partial charge in [-0.1, -0.05) is 42.3 Å². The maximum atomic E-state index is 13.1. The van der Waals surface area contributed by atoms with Crippen molar-refractivity contribution in [2.75, 3.05) is 0 Å². The first kappa shape index (κ1) is 16.1. The molecule has 0 aliphatic carbocycles. The van der Waals surface area contributed by atoms with Crippen molar-refractivity contribution >= 4 is 10.8 Å². The van der Waals surface area contributed by atoms with Gasteiger partial charge in [0.25, 0.3) is 0 Å². The fraction of sp³-hybridized carbons (Fsp3) is 0.200. The van der Waals surface area contributed by atoms with Crippen LogP contribution in [-0.4, -0.2) is 18.0 Å². The van der Waals surface area contributed by atoms with Crippen LogP contribution in [0.5, 0.6) is 0 Å². The molecule has 0 amide bonds. The molecule has 0 nitrogen and oxygen atoms in total. The Morgan fingerprint density at radius 1 is 0.727 bits per heavy atom. The second-order valence-corrected chi connectivity index (χ2v) is 4.42. The van der Waals surface area contributed by atoms with Gasteiger partial charge >= 0.3 is 18.0 Å². The summed E-state index contributed by atoms with van der Waals surface area (Å²) in [7, 11) is 0. The number of hydrogen-bond donors (Lipinski definition) is 0. The Morgan fingerprint density at radius 3 is 1.95 bits per heavy atom. The minimum absolute atomic E-state index is 0.0595. The Bertz CT molecular complexity index is 742. The monoisotopic (exact) mass is 320 g/mol. The van der Waals surface area contributed by atoms with E-state index in [2.05, 4.69) is 0 Å². The van der Waals surface area contributed by atoms with Crippen LogP contribution in [0.3, 0.4) is 0 Å². The zero-order valence-electron chi connectivity index (χ0n) is 10.7. The van der Waals surface area contributed by atoms with E-state index in [1.165, 1.54) is 18.2 Å². The van der Waals surface area contributed by atoms with Crippen LogP contribution in [0.1, 0.15) is 5.56 Å². The first-order chi connectivity index (χ1) is 10.1. The number of benzene rings is 2. The molecule has 0 bridgehead atoms. The van der Waals surface area contributed by atoms with Crippen molar-refractivity contribution in [2.24, 2.45) is 0 Å². The number of hydrogen-bond acceptors (Lipinski definition) is 0. The van der Waals surface area contributed by atoms with Crippen LogP contribution < -0.4 is 0 Å². The van der Waals surface area contributed by atoms with Gasteiger partial charge in [0.2, 0.25) is 0 Å². The van der Waals surface area contributed by atoms with Crippen molar-refractivity contribution in [3.8, 4) is 11.8 Å². The summed E-state index contributed by atoms with van der Waals surface area (Å²) in [4.78, 5) is 0. The Kier molecular flexibility index (Phi) is 3.81. The largest absolute Gasteiger partial charge is 0.461 e.